The van der Waals surface area contributed by atoms with Crippen molar-refractivity contribution in [2.75, 3.05) is 32.7 Å². The molecule has 3 rings (SSSR count). The lowest BCUT2D eigenvalue weighted by atomic mass is 9.77. The largest absolute Gasteiger partial charge is 0.369 e. The van der Waals surface area contributed by atoms with Crippen LogP contribution >= 0.6 is 0 Å². The number of rotatable bonds is 4. The molecule has 0 aromatic carbocycles. The fraction of sp³-hybridized carbons (Fsp3) is 0.882. The van der Waals surface area contributed by atoms with Crippen LogP contribution in [0.4, 0.5) is 0 Å². The van der Waals surface area contributed by atoms with Gasteiger partial charge >= 0.3 is 0 Å². The van der Waals surface area contributed by atoms with Gasteiger partial charge in [-0.3, -0.25) is 14.5 Å². The number of nitrogens with two attached hydrogens (primary N) is 1. The second-order valence-electron chi connectivity index (χ2n) is 7.57. The molecule has 5 heteroatoms. The fourth-order valence-corrected chi connectivity index (χ4v) is 4.70. The molecule has 0 bridgehead atoms. The third-order valence-corrected chi connectivity index (χ3v) is 5.84. The molecule has 22 heavy (non-hydrogen) atoms. The van der Waals surface area contributed by atoms with E-state index >= 15 is 0 Å². The van der Waals surface area contributed by atoms with Gasteiger partial charge in [0.05, 0.1) is 12.0 Å². The molecule has 0 unspecified atom stereocenters. The highest BCUT2D eigenvalue weighted by atomic mass is 16.2. The number of hydrogen-bond acceptors (Lipinski definition) is 3. The summed E-state index contributed by atoms with van der Waals surface area (Å²) in [5.74, 6) is 0.756. The maximum atomic E-state index is 13.0. The van der Waals surface area contributed by atoms with Gasteiger partial charge in [-0.15, -0.1) is 0 Å². The number of nitrogens with zero attached hydrogens (tertiary/aromatic N) is 2. The molecule has 1 spiro atoms. The number of hydrogen-bond donors (Lipinski definition) is 1. The van der Waals surface area contributed by atoms with Crippen molar-refractivity contribution in [2.24, 2.45) is 17.1 Å². The van der Waals surface area contributed by atoms with Crippen LogP contribution in [0.1, 0.15) is 51.4 Å². The Bertz CT molecular complexity index is 434. The molecule has 0 aromatic rings. The smallest absolute Gasteiger partial charge is 0.231 e. The topological polar surface area (TPSA) is 66.6 Å². The molecule has 2 heterocycles. The van der Waals surface area contributed by atoms with Crippen LogP contribution in [0, 0.1) is 11.3 Å². The van der Waals surface area contributed by atoms with E-state index in [4.69, 9.17) is 5.73 Å². The fourth-order valence-electron chi connectivity index (χ4n) is 4.70. The van der Waals surface area contributed by atoms with E-state index in [0.717, 1.165) is 45.4 Å². The molecule has 1 atom stereocenters. The van der Waals surface area contributed by atoms with E-state index < -0.39 is 0 Å². The van der Waals surface area contributed by atoms with Crippen LogP contribution in [-0.2, 0) is 9.59 Å². The first kappa shape index (κ1) is 15.8. The first-order chi connectivity index (χ1) is 10.6. The molecule has 2 saturated heterocycles. The van der Waals surface area contributed by atoms with Crippen molar-refractivity contribution >= 4 is 11.8 Å². The van der Waals surface area contributed by atoms with Crippen molar-refractivity contribution < 1.29 is 9.59 Å². The normalized spacial score (nSPS) is 31.1. The van der Waals surface area contributed by atoms with Crippen LogP contribution in [-0.4, -0.2) is 54.3 Å². The SMILES string of the molecule is NC(=O)CN1CC[C@@]2(CCCN(CC3CCCCC3)C2=O)C1. The third-order valence-electron chi connectivity index (χ3n) is 5.84. The molecule has 124 valence electrons. The van der Waals surface area contributed by atoms with Gasteiger partial charge in [0.15, 0.2) is 0 Å². The number of piperidine rings is 1. The lowest BCUT2D eigenvalue weighted by Crippen LogP contribution is -2.51. The summed E-state index contributed by atoms with van der Waals surface area (Å²) in [6.45, 7) is 3.71. The second kappa shape index (κ2) is 6.57. The highest BCUT2D eigenvalue weighted by Gasteiger charge is 2.48. The van der Waals surface area contributed by atoms with E-state index in [2.05, 4.69) is 9.80 Å². The third kappa shape index (κ3) is 3.29. The van der Waals surface area contributed by atoms with Crippen molar-refractivity contribution in [2.45, 2.75) is 51.4 Å². The Labute approximate surface area is 133 Å². The molecule has 2 aliphatic heterocycles. The maximum absolute atomic E-state index is 13.0. The van der Waals surface area contributed by atoms with Gasteiger partial charge in [-0.1, -0.05) is 19.3 Å². The van der Waals surface area contributed by atoms with Crippen LogP contribution < -0.4 is 5.73 Å². The van der Waals surface area contributed by atoms with E-state index in [1.807, 2.05) is 0 Å². The standard InChI is InChI=1S/C17H29N3O2/c18-15(21)12-19-10-8-17(13-19)7-4-9-20(16(17)22)11-14-5-2-1-3-6-14/h14H,1-13H2,(H2,18,21)/t17-/m0/s1. The molecule has 3 fully saturated rings. The summed E-state index contributed by atoms with van der Waals surface area (Å²) in [7, 11) is 0. The van der Waals surface area contributed by atoms with Crippen LogP contribution in [0.25, 0.3) is 0 Å². The average Bonchev–Trinajstić information content (AvgIpc) is 2.88. The first-order valence-electron chi connectivity index (χ1n) is 8.89. The molecule has 2 N–H and O–H groups in total. The number of primary amides is 1. The molecule has 0 radical (unpaired) electrons. The van der Waals surface area contributed by atoms with Gasteiger partial charge in [0.1, 0.15) is 0 Å². The summed E-state index contributed by atoms with van der Waals surface area (Å²) in [4.78, 5) is 28.3. The van der Waals surface area contributed by atoms with Crippen molar-refractivity contribution in [3.63, 3.8) is 0 Å². The molecule has 2 amide bonds. The van der Waals surface area contributed by atoms with Gasteiger partial charge < -0.3 is 10.6 Å². The van der Waals surface area contributed by atoms with E-state index in [9.17, 15) is 9.59 Å². The summed E-state index contributed by atoms with van der Waals surface area (Å²) >= 11 is 0. The van der Waals surface area contributed by atoms with Gasteiger partial charge in [0, 0.05) is 19.6 Å². The zero-order valence-corrected chi connectivity index (χ0v) is 13.6. The van der Waals surface area contributed by atoms with E-state index in [1.54, 1.807) is 0 Å². The lowest BCUT2D eigenvalue weighted by molar-refractivity contribution is -0.146. The zero-order valence-electron chi connectivity index (χ0n) is 13.6. The van der Waals surface area contributed by atoms with E-state index in [0.29, 0.717) is 11.8 Å². The quantitative estimate of drug-likeness (QED) is 0.853. The Hall–Kier alpha value is -1.10. The second-order valence-corrected chi connectivity index (χ2v) is 7.57. The van der Waals surface area contributed by atoms with E-state index in [-0.39, 0.29) is 17.9 Å². The summed E-state index contributed by atoms with van der Waals surface area (Å²) in [6, 6.07) is 0. The molecular weight excluding hydrogens is 278 g/mol. The Morgan fingerprint density at radius 2 is 1.91 bits per heavy atom. The van der Waals surface area contributed by atoms with Gasteiger partial charge in [-0.05, 0) is 44.6 Å². The predicted molar refractivity (Wildman–Crippen MR) is 85.1 cm³/mol. The minimum absolute atomic E-state index is 0.234. The first-order valence-corrected chi connectivity index (χ1v) is 8.89. The molecule has 1 aliphatic carbocycles. The average molecular weight is 307 g/mol. The van der Waals surface area contributed by atoms with Gasteiger partial charge in [-0.2, -0.15) is 0 Å². The number of carbonyl (C=O) groups excluding carboxylic acids is 2. The number of carbonyl (C=O) groups is 2. The molecule has 0 aromatic heterocycles. The highest BCUT2D eigenvalue weighted by Crippen LogP contribution is 2.40. The predicted octanol–water partition coefficient (Wildman–Crippen LogP) is 1.37. The lowest BCUT2D eigenvalue weighted by Gasteiger charge is -2.41. The van der Waals surface area contributed by atoms with E-state index in [1.165, 1.54) is 32.1 Å². The van der Waals surface area contributed by atoms with Gasteiger partial charge in [0.25, 0.3) is 0 Å². The molecular formula is C17H29N3O2. The molecule has 5 nitrogen and oxygen atoms in total. The van der Waals surface area contributed by atoms with Crippen molar-refractivity contribution in [1.82, 2.24) is 9.80 Å². The molecule has 1 saturated carbocycles. The van der Waals surface area contributed by atoms with Crippen molar-refractivity contribution in [3.05, 3.63) is 0 Å². The van der Waals surface area contributed by atoms with Crippen molar-refractivity contribution in [3.8, 4) is 0 Å². The van der Waals surface area contributed by atoms with Crippen LogP contribution in [0.3, 0.4) is 0 Å². The highest BCUT2D eigenvalue weighted by molar-refractivity contribution is 5.84. The summed E-state index contributed by atoms with van der Waals surface area (Å²) in [5, 5.41) is 0. The van der Waals surface area contributed by atoms with Gasteiger partial charge in [0.2, 0.25) is 11.8 Å². The minimum atomic E-state index is -0.292. The zero-order chi connectivity index (χ0) is 15.6. The monoisotopic (exact) mass is 307 g/mol. The number of amides is 2. The summed E-state index contributed by atoms with van der Waals surface area (Å²) in [5.41, 5.74) is 5.07. The van der Waals surface area contributed by atoms with Crippen LogP contribution in [0.2, 0.25) is 0 Å². The maximum Gasteiger partial charge on any atom is 0.231 e. The molecule has 3 aliphatic rings. The van der Waals surface area contributed by atoms with Crippen LogP contribution in [0.15, 0.2) is 0 Å². The van der Waals surface area contributed by atoms with Gasteiger partial charge in [-0.25, -0.2) is 0 Å². The Balaban J connectivity index is 1.61. The van der Waals surface area contributed by atoms with Crippen molar-refractivity contribution in [1.29, 1.82) is 0 Å². The Morgan fingerprint density at radius 3 is 2.64 bits per heavy atom. The Kier molecular flexibility index (Phi) is 4.71. The minimum Gasteiger partial charge on any atom is -0.369 e. The Morgan fingerprint density at radius 1 is 1.14 bits per heavy atom. The summed E-state index contributed by atoms with van der Waals surface area (Å²) in [6.07, 6.45) is 9.53. The number of likely N-dealkylation sites (tertiary alicyclic amines) is 2. The van der Waals surface area contributed by atoms with Crippen LogP contribution in [0.5, 0.6) is 0 Å². The summed E-state index contributed by atoms with van der Waals surface area (Å²) < 4.78 is 0.